The lowest BCUT2D eigenvalue weighted by Gasteiger charge is -2.08. The molecule has 0 aromatic heterocycles. The molecule has 1 aromatic carbocycles. The summed E-state index contributed by atoms with van der Waals surface area (Å²) in [5.74, 6) is 0.0161. The Kier molecular flexibility index (Phi) is 4.05. The number of Topliss-reactive ketones (excluding diaryl/α,β-unsaturated/α-hetero) is 1. The highest BCUT2D eigenvalue weighted by atomic mass is 16.5. The standard InChI is InChI=1S/C12H14O4/c1-8(13)6-9-4-5-11(15-2)10(7-9)12(14)16-3/h4-5,7H,6H2,1-3H3. The van der Waals surface area contributed by atoms with Gasteiger partial charge in [0.15, 0.2) is 0 Å². The molecule has 1 rings (SSSR count). The second kappa shape index (κ2) is 5.30. The number of esters is 1. The van der Waals surface area contributed by atoms with Crippen molar-refractivity contribution in [3.8, 4) is 5.75 Å². The summed E-state index contributed by atoms with van der Waals surface area (Å²) in [4.78, 5) is 22.4. The van der Waals surface area contributed by atoms with E-state index >= 15 is 0 Å². The van der Waals surface area contributed by atoms with E-state index in [9.17, 15) is 9.59 Å². The predicted octanol–water partition coefficient (Wildman–Crippen LogP) is 1.61. The maximum Gasteiger partial charge on any atom is 0.341 e. The van der Waals surface area contributed by atoms with E-state index in [1.807, 2.05) is 0 Å². The van der Waals surface area contributed by atoms with Gasteiger partial charge in [-0.05, 0) is 24.6 Å². The van der Waals surface area contributed by atoms with Crippen LogP contribution in [0.1, 0.15) is 22.8 Å². The van der Waals surface area contributed by atoms with Crippen LogP contribution in [0.5, 0.6) is 5.75 Å². The second-order valence-corrected chi connectivity index (χ2v) is 3.41. The lowest BCUT2D eigenvalue weighted by Crippen LogP contribution is -2.06. The third kappa shape index (κ3) is 2.82. The summed E-state index contributed by atoms with van der Waals surface area (Å²) >= 11 is 0. The lowest BCUT2D eigenvalue weighted by atomic mass is 10.1. The van der Waals surface area contributed by atoms with Crippen LogP contribution in [-0.4, -0.2) is 26.0 Å². The van der Waals surface area contributed by atoms with Gasteiger partial charge >= 0.3 is 5.97 Å². The maximum atomic E-state index is 11.4. The van der Waals surface area contributed by atoms with Crippen LogP contribution < -0.4 is 4.74 Å². The molecule has 1 aromatic rings. The molecule has 4 nitrogen and oxygen atoms in total. The second-order valence-electron chi connectivity index (χ2n) is 3.41. The monoisotopic (exact) mass is 222 g/mol. The zero-order valence-electron chi connectivity index (χ0n) is 9.57. The number of methoxy groups -OCH3 is 2. The van der Waals surface area contributed by atoms with Crippen LogP contribution in [0.2, 0.25) is 0 Å². The smallest absolute Gasteiger partial charge is 0.341 e. The Labute approximate surface area is 94.2 Å². The number of rotatable bonds is 4. The first-order valence-corrected chi connectivity index (χ1v) is 4.83. The minimum atomic E-state index is -0.470. The number of ether oxygens (including phenoxy) is 2. The molecule has 0 radical (unpaired) electrons. The topological polar surface area (TPSA) is 52.6 Å². The zero-order chi connectivity index (χ0) is 12.1. The fourth-order valence-corrected chi connectivity index (χ4v) is 1.42. The molecule has 16 heavy (non-hydrogen) atoms. The Morgan fingerprint density at radius 3 is 2.44 bits per heavy atom. The molecule has 0 atom stereocenters. The Morgan fingerprint density at radius 1 is 1.25 bits per heavy atom. The SMILES string of the molecule is COC(=O)c1cc(CC(C)=O)ccc1OC. The predicted molar refractivity (Wildman–Crippen MR) is 58.7 cm³/mol. The Morgan fingerprint density at radius 2 is 1.94 bits per heavy atom. The van der Waals surface area contributed by atoms with E-state index in [0.29, 0.717) is 17.7 Å². The molecule has 0 spiro atoms. The molecule has 0 saturated carbocycles. The summed E-state index contributed by atoms with van der Waals surface area (Å²) in [6, 6.07) is 5.03. The Balaban J connectivity index is 3.10. The van der Waals surface area contributed by atoms with Gasteiger partial charge in [-0.2, -0.15) is 0 Å². The van der Waals surface area contributed by atoms with E-state index in [4.69, 9.17) is 4.74 Å². The molecular formula is C12H14O4. The molecule has 0 heterocycles. The summed E-state index contributed by atoms with van der Waals surface area (Å²) in [6.45, 7) is 1.50. The van der Waals surface area contributed by atoms with Crippen LogP contribution in [0, 0.1) is 0 Å². The first-order chi connectivity index (χ1) is 7.58. The highest BCUT2D eigenvalue weighted by Crippen LogP contribution is 2.21. The first-order valence-electron chi connectivity index (χ1n) is 4.83. The fourth-order valence-electron chi connectivity index (χ4n) is 1.42. The van der Waals surface area contributed by atoms with Crippen LogP contribution in [0.15, 0.2) is 18.2 Å². The number of benzene rings is 1. The molecule has 0 aliphatic carbocycles. The summed E-state index contributed by atoms with van der Waals surface area (Å²) in [5.41, 5.74) is 1.11. The Bertz CT molecular complexity index is 409. The van der Waals surface area contributed by atoms with E-state index in [-0.39, 0.29) is 5.78 Å². The van der Waals surface area contributed by atoms with Crippen molar-refractivity contribution in [3.63, 3.8) is 0 Å². The van der Waals surface area contributed by atoms with E-state index in [2.05, 4.69) is 4.74 Å². The third-order valence-electron chi connectivity index (χ3n) is 2.12. The number of hydrogen-bond donors (Lipinski definition) is 0. The normalized spacial score (nSPS) is 9.69. The average Bonchev–Trinajstić information content (AvgIpc) is 2.27. The number of hydrogen-bond acceptors (Lipinski definition) is 4. The minimum absolute atomic E-state index is 0.0426. The molecule has 0 bridgehead atoms. The van der Waals surface area contributed by atoms with Gasteiger partial charge in [-0.15, -0.1) is 0 Å². The van der Waals surface area contributed by atoms with Crippen LogP contribution in [0.3, 0.4) is 0 Å². The van der Waals surface area contributed by atoms with Crippen molar-refractivity contribution >= 4 is 11.8 Å². The first kappa shape index (κ1) is 12.2. The van der Waals surface area contributed by atoms with Crippen molar-refractivity contribution in [1.29, 1.82) is 0 Å². The minimum Gasteiger partial charge on any atom is -0.496 e. The van der Waals surface area contributed by atoms with Crippen molar-refractivity contribution in [2.75, 3.05) is 14.2 Å². The zero-order valence-corrected chi connectivity index (χ0v) is 9.57. The molecule has 0 amide bonds. The van der Waals surface area contributed by atoms with E-state index in [0.717, 1.165) is 5.56 Å². The van der Waals surface area contributed by atoms with Gasteiger partial charge in [0.2, 0.25) is 0 Å². The fraction of sp³-hybridized carbons (Fsp3) is 0.333. The largest absolute Gasteiger partial charge is 0.496 e. The summed E-state index contributed by atoms with van der Waals surface area (Å²) < 4.78 is 9.68. The molecule has 4 heteroatoms. The number of carbonyl (C=O) groups is 2. The molecule has 0 N–H and O–H groups in total. The van der Waals surface area contributed by atoms with Gasteiger partial charge in [0, 0.05) is 6.42 Å². The van der Waals surface area contributed by atoms with Crippen LogP contribution in [0.25, 0.3) is 0 Å². The lowest BCUT2D eigenvalue weighted by molar-refractivity contribution is -0.116. The summed E-state index contributed by atoms with van der Waals surface area (Å²) in [6.07, 6.45) is 0.300. The van der Waals surface area contributed by atoms with E-state index in [1.165, 1.54) is 21.1 Å². The molecule has 0 saturated heterocycles. The van der Waals surface area contributed by atoms with Crippen molar-refractivity contribution in [3.05, 3.63) is 29.3 Å². The molecular weight excluding hydrogens is 208 g/mol. The van der Waals surface area contributed by atoms with Gasteiger partial charge in [0.05, 0.1) is 14.2 Å². The van der Waals surface area contributed by atoms with Gasteiger partial charge in [-0.25, -0.2) is 4.79 Å². The van der Waals surface area contributed by atoms with Crippen molar-refractivity contribution in [2.45, 2.75) is 13.3 Å². The summed E-state index contributed by atoms with van der Waals surface area (Å²) in [7, 11) is 2.78. The van der Waals surface area contributed by atoms with E-state index < -0.39 is 5.97 Å². The van der Waals surface area contributed by atoms with Gasteiger partial charge in [-0.3, -0.25) is 4.79 Å². The van der Waals surface area contributed by atoms with Crippen LogP contribution in [-0.2, 0) is 16.0 Å². The van der Waals surface area contributed by atoms with E-state index in [1.54, 1.807) is 18.2 Å². The molecule has 0 aliphatic heterocycles. The maximum absolute atomic E-state index is 11.4. The third-order valence-corrected chi connectivity index (χ3v) is 2.12. The number of carbonyl (C=O) groups excluding carboxylic acids is 2. The van der Waals surface area contributed by atoms with Gasteiger partial charge in [0.25, 0.3) is 0 Å². The van der Waals surface area contributed by atoms with Crippen molar-refractivity contribution in [2.24, 2.45) is 0 Å². The average molecular weight is 222 g/mol. The van der Waals surface area contributed by atoms with Gasteiger partial charge in [0.1, 0.15) is 17.1 Å². The van der Waals surface area contributed by atoms with Crippen LogP contribution in [0.4, 0.5) is 0 Å². The van der Waals surface area contributed by atoms with Crippen molar-refractivity contribution < 1.29 is 19.1 Å². The van der Waals surface area contributed by atoms with Crippen LogP contribution >= 0.6 is 0 Å². The molecule has 0 aliphatic rings. The molecule has 86 valence electrons. The van der Waals surface area contributed by atoms with Gasteiger partial charge < -0.3 is 9.47 Å². The Hall–Kier alpha value is -1.84. The highest BCUT2D eigenvalue weighted by Gasteiger charge is 2.13. The summed E-state index contributed by atoms with van der Waals surface area (Å²) in [5, 5.41) is 0. The molecule has 0 unspecified atom stereocenters. The van der Waals surface area contributed by atoms with Gasteiger partial charge in [-0.1, -0.05) is 6.07 Å². The quantitative estimate of drug-likeness (QED) is 0.726. The van der Waals surface area contributed by atoms with Crippen molar-refractivity contribution in [1.82, 2.24) is 0 Å². The number of ketones is 1. The highest BCUT2D eigenvalue weighted by molar-refractivity contribution is 5.93. The molecule has 0 fully saturated rings.